The number of H-pyrrole nitrogens is 1. The first-order valence-electron chi connectivity index (χ1n) is 6.70. The lowest BCUT2D eigenvalue weighted by Gasteiger charge is -2.27. The molecule has 5 heteroatoms. The van der Waals surface area contributed by atoms with Gasteiger partial charge in [-0.15, -0.1) is 0 Å². The van der Waals surface area contributed by atoms with Gasteiger partial charge in [-0.1, -0.05) is 6.92 Å². The Bertz CT molecular complexity index is 357. The first kappa shape index (κ1) is 13.1. The highest BCUT2D eigenvalue weighted by Gasteiger charge is 2.21. The molecule has 1 saturated heterocycles. The van der Waals surface area contributed by atoms with E-state index in [4.69, 9.17) is 0 Å². The van der Waals surface area contributed by atoms with Crippen LogP contribution in [0.1, 0.15) is 31.9 Å². The van der Waals surface area contributed by atoms with E-state index in [9.17, 15) is 4.79 Å². The molecule has 0 radical (unpaired) electrons. The Morgan fingerprint density at radius 3 is 3.22 bits per heavy atom. The van der Waals surface area contributed by atoms with Gasteiger partial charge >= 0.3 is 0 Å². The summed E-state index contributed by atoms with van der Waals surface area (Å²) >= 11 is 0. The highest BCUT2D eigenvalue weighted by molar-refractivity contribution is 5.76. The summed E-state index contributed by atoms with van der Waals surface area (Å²) < 4.78 is 0. The summed E-state index contributed by atoms with van der Waals surface area (Å²) in [6.07, 6.45) is 6.43. The SMILES string of the molecule is CC(CC(=O)NCc1cnc[nH]1)C1CCCNC1. The minimum atomic E-state index is 0.127. The zero-order valence-corrected chi connectivity index (χ0v) is 10.9. The molecule has 1 aliphatic heterocycles. The number of hydrogen-bond acceptors (Lipinski definition) is 3. The maximum atomic E-state index is 11.8. The lowest BCUT2D eigenvalue weighted by Crippen LogP contribution is -2.35. The lowest BCUT2D eigenvalue weighted by atomic mass is 9.85. The largest absolute Gasteiger partial charge is 0.350 e. The maximum absolute atomic E-state index is 11.8. The van der Waals surface area contributed by atoms with E-state index in [0.717, 1.165) is 18.8 Å². The van der Waals surface area contributed by atoms with Crippen LogP contribution in [-0.2, 0) is 11.3 Å². The van der Waals surface area contributed by atoms with Gasteiger partial charge in [0.1, 0.15) is 0 Å². The van der Waals surface area contributed by atoms with Crippen LogP contribution in [0.4, 0.5) is 0 Å². The standard InChI is InChI=1S/C13H22N4O/c1-10(11-3-2-4-14-6-11)5-13(18)16-8-12-7-15-9-17-12/h7,9-11,14H,2-6,8H2,1H3,(H,15,17)(H,16,18). The highest BCUT2D eigenvalue weighted by Crippen LogP contribution is 2.22. The van der Waals surface area contributed by atoms with Gasteiger partial charge in [-0.05, 0) is 37.8 Å². The molecule has 100 valence electrons. The minimum absolute atomic E-state index is 0.127. The number of nitrogens with one attached hydrogen (secondary N) is 3. The summed E-state index contributed by atoms with van der Waals surface area (Å²) in [4.78, 5) is 18.7. The average molecular weight is 250 g/mol. The van der Waals surface area contributed by atoms with Crippen molar-refractivity contribution in [2.45, 2.75) is 32.7 Å². The smallest absolute Gasteiger partial charge is 0.220 e. The summed E-state index contributed by atoms with van der Waals surface area (Å²) in [7, 11) is 0. The van der Waals surface area contributed by atoms with Gasteiger partial charge in [0, 0.05) is 12.6 Å². The van der Waals surface area contributed by atoms with Crippen molar-refractivity contribution in [2.75, 3.05) is 13.1 Å². The molecule has 2 unspecified atom stereocenters. The van der Waals surface area contributed by atoms with Crippen molar-refractivity contribution in [3.63, 3.8) is 0 Å². The number of hydrogen-bond donors (Lipinski definition) is 3. The van der Waals surface area contributed by atoms with Gasteiger partial charge in [0.05, 0.1) is 18.6 Å². The van der Waals surface area contributed by atoms with Crippen molar-refractivity contribution in [1.29, 1.82) is 0 Å². The molecule has 2 heterocycles. The van der Waals surface area contributed by atoms with E-state index in [1.54, 1.807) is 12.5 Å². The quantitative estimate of drug-likeness (QED) is 0.731. The number of carbonyl (C=O) groups is 1. The van der Waals surface area contributed by atoms with Crippen LogP contribution in [0.2, 0.25) is 0 Å². The third-order valence-electron chi connectivity index (χ3n) is 3.68. The molecular weight excluding hydrogens is 228 g/mol. The van der Waals surface area contributed by atoms with E-state index in [1.807, 2.05) is 0 Å². The molecule has 18 heavy (non-hydrogen) atoms. The summed E-state index contributed by atoms with van der Waals surface area (Å²) in [5.41, 5.74) is 0.940. The summed E-state index contributed by atoms with van der Waals surface area (Å²) in [5.74, 6) is 1.21. The van der Waals surface area contributed by atoms with Crippen molar-refractivity contribution in [2.24, 2.45) is 11.8 Å². The number of piperidine rings is 1. The van der Waals surface area contributed by atoms with Crippen molar-refractivity contribution in [1.82, 2.24) is 20.6 Å². The molecule has 1 aromatic rings. The number of rotatable bonds is 5. The van der Waals surface area contributed by atoms with Gasteiger partial charge in [0.15, 0.2) is 0 Å². The molecule has 1 aliphatic rings. The number of aromatic nitrogens is 2. The maximum Gasteiger partial charge on any atom is 0.220 e. The van der Waals surface area contributed by atoms with E-state index in [2.05, 4.69) is 27.5 Å². The summed E-state index contributed by atoms with van der Waals surface area (Å²) in [5, 5.41) is 6.32. The molecule has 0 saturated carbocycles. The number of amides is 1. The van der Waals surface area contributed by atoms with Crippen molar-refractivity contribution >= 4 is 5.91 Å². The van der Waals surface area contributed by atoms with Crippen LogP contribution in [0.3, 0.4) is 0 Å². The summed E-state index contributed by atoms with van der Waals surface area (Å²) in [6, 6.07) is 0. The van der Waals surface area contributed by atoms with Crippen LogP contribution in [-0.4, -0.2) is 29.0 Å². The predicted molar refractivity (Wildman–Crippen MR) is 69.8 cm³/mol. The molecule has 2 rings (SSSR count). The molecule has 0 bridgehead atoms. The van der Waals surface area contributed by atoms with E-state index in [1.165, 1.54) is 12.8 Å². The minimum Gasteiger partial charge on any atom is -0.350 e. The third-order valence-corrected chi connectivity index (χ3v) is 3.68. The molecule has 5 nitrogen and oxygen atoms in total. The van der Waals surface area contributed by atoms with Crippen molar-refractivity contribution < 1.29 is 4.79 Å². The van der Waals surface area contributed by atoms with Gasteiger partial charge in [0.2, 0.25) is 5.91 Å². The zero-order valence-electron chi connectivity index (χ0n) is 10.9. The van der Waals surface area contributed by atoms with Gasteiger partial charge in [-0.2, -0.15) is 0 Å². The first-order valence-corrected chi connectivity index (χ1v) is 6.70. The molecule has 0 aliphatic carbocycles. The Kier molecular flexibility index (Phi) is 4.75. The van der Waals surface area contributed by atoms with Crippen molar-refractivity contribution in [3.8, 4) is 0 Å². The van der Waals surface area contributed by atoms with Crippen LogP contribution in [0.5, 0.6) is 0 Å². The number of imidazole rings is 1. The van der Waals surface area contributed by atoms with Gasteiger partial charge in [-0.3, -0.25) is 4.79 Å². The second-order valence-corrected chi connectivity index (χ2v) is 5.14. The molecule has 1 amide bonds. The Balaban J connectivity index is 1.69. The second-order valence-electron chi connectivity index (χ2n) is 5.14. The monoisotopic (exact) mass is 250 g/mol. The summed E-state index contributed by atoms with van der Waals surface area (Å²) in [6.45, 7) is 4.88. The molecule has 0 aromatic carbocycles. The van der Waals surface area contributed by atoms with E-state index >= 15 is 0 Å². The van der Waals surface area contributed by atoms with E-state index in [0.29, 0.717) is 24.8 Å². The number of aromatic amines is 1. The molecule has 1 aromatic heterocycles. The van der Waals surface area contributed by atoms with Gasteiger partial charge in [-0.25, -0.2) is 4.98 Å². The first-order chi connectivity index (χ1) is 8.75. The van der Waals surface area contributed by atoms with E-state index in [-0.39, 0.29) is 5.91 Å². The predicted octanol–water partition coefficient (Wildman–Crippen LogP) is 1.05. The Hall–Kier alpha value is -1.36. The van der Waals surface area contributed by atoms with Crippen molar-refractivity contribution in [3.05, 3.63) is 18.2 Å². The Labute approximate surface area is 108 Å². The second kappa shape index (κ2) is 6.54. The fraction of sp³-hybridized carbons (Fsp3) is 0.692. The molecule has 2 atom stereocenters. The van der Waals surface area contributed by atoms with Crippen LogP contribution in [0.25, 0.3) is 0 Å². The zero-order chi connectivity index (χ0) is 12.8. The van der Waals surface area contributed by atoms with Crippen LogP contribution in [0.15, 0.2) is 12.5 Å². The fourth-order valence-electron chi connectivity index (χ4n) is 2.47. The number of carbonyl (C=O) groups excluding carboxylic acids is 1. The van der Waals surface area contributed by atoms with Crippen LogP contribution in [0, 0.1) is 11.8 Å². The van der Waals surface area contributed by atoms with Crippen LogP contribution >= 0.6 is 0 Å². The molecular formula is C13H22N4O. The Morgan fingerprint density at radius 2 is 2.56 bits per heavy atom. The highest BCUT2D eigenvalue weighted by atomic mass is 16.1. The van der Waals surface area contributed by atoms with E-state index < -0.39 is 0 Å². The molecule has 0 spiro atoms. The number of nitrogens with zero attached hydrogens (tertiary/aromatic N) is 1. The molecule has 3 N–H and O–H groups in total. The third kappa shape index (κ3) is 3.84. The van der Waals surface area contributed by atoms with Gasteiger partial charge < -0.3 is 15.6 Å². The molecule has 1 fully saturated rings. The van der Waals surface area contributed by atoms with Crippen LogP contribution < -0.4 is 10.6 Å². The lowest BCUT2D eigenvalue weighted by molar-refractivity contribution is -0.122. The normalized spacial score (nSPS) is 21.5. The Morgan fingerprint density at radius 1 is 1.67 bits per heavy atom. The fourth-order valence-corrected chi connectivity index (χ4v) is 2.47. The average Bonchev–Trinajstić information content (AvgIpc) is 2.90. The van der Waals surface area contributed by atoms with Gasteiger partial charge in [0.25, 0.3) is 0 Å². The topological polar surface area (TPSA) is 69.8 Å².